The van der Waals surface area contributed by atoms with Crippen molar-refractivity contribution < 1.29 is 4.79 Å². The van der Waals surface area contributed by atoms with E-state index >= 15 is 0 Å². The van der Waals surface area contributed by atoms with E-state index in [9.17, 15) is 10.1 Å². The lowest BCUT2D eigenvalue weighted by atomic mass is 10.1. The van der Waals surface area contributed by atoms with E-state index in [0.717, 1.165) is 35.3 Å². The highest BCUT2D eigenvalue weighted by atomic mass is 32.2. The Morgan fingerprint density at radius 3 is 2.56 bits per heavy atom. The normalized spacial score (nSPS) is 11.6. The Morgan fingerprint density at radius 2 is 1.96 bits per heavy atom. The summed E-state index contributed by atoms with van der Waals surface area (Å²) in [5.74, 6) is -0.0958. The number of benzene rings is 1. The molecule has 4 nitrogen and oxygen atoms in total. The zero-order chi connectivity index (χ0) is 18.4. The van der Waals surface area contributed by atoms with Crippen LogP contribution in [0.3, 0.4) is 0 Å². The molecular weight excluding hydrogens is 330 g/mol. The second kappa shape index (κ2) is 8.68. The van der Waals surface area contributed by atoms with Gasteiger partial charge in [0.2, 0.25) is 5.91 Å². The molecule has 2 rings (SSSR count). The van der Waals surface area contributed by atoms with Crippen molar-refractivity contribution in [2.24, 2.45) is 0 Å². The Hall–Kier alpha value is -2.32. The number of aryl methyl sites for hydroxylation is 3. The van der Waals surface area contributed by atoms with Gasteiger partial charge in [0, 0.05) is 11.4 Å². The van der Waals surface area contributed by atoms with Crippen molar-refractivity contribution in [1.29, 1.82) is 5.26 Å². The van der Waals surface area contributed by atoms with Crippen LogP contribution in [0.15, 0.2) is 35.4 Å². The van der Waals surface area contributed by atoms with Crippen LogP contribution in [0.2, 0.25) is 0 Å². The summed E-state index contributed by atoms with van der Waals surface area (Å²) in [7, 11) is 0. The van der Waals surface area contributed by atoms with Gasteiger partial charge < -0.3 is 5.32 Å². The Labute approximate surface area is 153 Å². The second-order valence-electron chi connectivity index (χ2n) is 6.14. The maximum atomic E-state index is 12.5. The minimum atomic E-state index is -0.350. The molecule has 5 heteroatoms. The Morgan fingerprint density at radius 1 is 1.28 bits per heavy atom. The Bertz CT molecular complexity index is 791. The SMILES string of the molecule is CCCc1ccc(C#N)c(SC(C)C(=O)Nc2cc(C)cc(C)c2)n1. The first-order chi connectivity index (χ1) is 11.9. The molecule has 0 aliphatic rings. The van der Waals surface area contributed by atoms with Crippen molar-refractivity contribution in [3.05, 3.63) is 52.7 Å². The predicted molar refractivity (Wildman–Crippen MR) is 103 cm³/mol. The van der Waals surface area contributed by atoms with Gasteiger partial charge in [-0.25, -0.2) is 4.98 Å². The molecule has 0 aliphatic carbocycles. The second-order valence-corrected chi connectivity index (χ2v) is 7.47. The molecule has 1 atom stereocenters. The first-order valence-corrected chi connectivity index (χ1v) is 9.26. The molecule has 2 aromatic rings. The zero-order valence-electron chi connectivity index (χ0n) is 15.1. The fourth-order valence-electron chi connectivity index (χ4n) is 2.56. The molecule has 1 aromatic heterocycles. The van der Waals surface area contributed by atoms with Crippen molar-refractivity contribution in [1.82, 2.24) is 4.98 Å². The number of thioether (sulfide) groups is 1. The molecule has 0 fully saturated rings. The first kappa shape index (κ1) is 19.0. The summed E-state index contributed by atoms with van der Waals surface area (Å²) in [6.07, 6.45) is 1.86. The Kier molecular flexibility index (Phi) is 6.60. The highest BCUT2D eigenvalue weighted by Gasteiger charge is 2.18. The van der Waals surface area contributed by atoms with Gasteiger partial charge in [0.15, 0.2) is 0 Å². The van der Waals surface area contributed by atoms with Gasteiger partial charge in [-0.3, -0.25) is 4.79 Å². The number of amides is 1. The molecule has 130 valence electrons. The van der Waals surface area contributed by atoms with E-state index in [1.807, 2.05) is 39.0 Å². The average molecular weight is 353 g/mol. The van der Waals surface area contributed by atoms with E-state index in [0.29, 0.717) is 10.6 Å². The molecule has 1 heterocycles. The third-order valence-electron chi connectivity index (χ3n) is 3.69. The van der Waals surface area contributed by atoms with Gasteiger partial charge in [-0.05, 0) is 62.6 Å². The monoisotopic (exact) mass is 353 g/mol. The molecule has 1 aromatic carbocycles. The number of anilines is 1. The van der Waals surface area contributed by atoms with Crippen LogP contribution in [0.4, 0.5) is 5.69 Å². The number of aromatic nitrogens is 1. The summed E-state index contributed by atoms with van der Waals surface area (Å²) in [6, 6.07) is 11.8. The van der Waals surface area contributed by atoms with Gasteiger partial charge in [0.05, 0.1) is 10.8 Å². The number of hydrogen-bond acceptors (Lipinski definition) is 4. The molecule has 25 heavy (non-hydrogen) atoms. The van der Waals surface area contributed by atoms with Crippen LogP contribution in [0.25, 0.3) is 0 Å². The summed E-state index contributed by atoms with van der Waals surface area (Å²) >= 11 is 1.32. The molecule has 0 spiro atoms. The quantitative estimate of drug-likeness (QED) is 0.768. The van der Waals surface area contributed by atoms with E-state index in [4.69, 9.17) is 0 Å². The van der Waals surface area contributed by atoms with Gasteiger partial charge >= 0.3 is 0 Å². The van der Waals surface area contributed by atoms with Crippen molar-refractivity contribution in [3.8, 4) is 6.07 Å². The average Bonchev–Trinajstić information content (AvgIpc) is 2.54. The van der Waals surface area contributed by atoms with E-state index in [2.05, 4.69) is 29.4 Å². The van der Waals surface area contributed by atoms with Gasteiger partial charge in [0.25, 0.3) is 0 Å². The van der Waals surface area contributed by atoms with E-state index in [1.165, 1.54) is 11.8 Å². The van der Waals surface area contributed by atoms with Gasteiger partial charge in [-0.1, -0.05) is 31.2 Å². The van der Waals surface area contributed by atoms with Crippen molar-refractivity contribution in [2.45, 2.75) is 50.8 Å². The van der Waals surface area contributed by atoms with Crippen molar-refractivity contribution in [3.63, 3.8) is 0 Å². The predicted octanol–water partition coefficient (Wildman–Crippen LogP) is 4.64. The van der Waals surface area contributed by atoms with Gasteiger partial charge in [0.1, 0.15) is 11.1 Å². The van der Waals surface area contributed by atoms with Crippen LogP contribution in [0.1, 0.15) is 42.7 Å². The molecule has 1 unspecified atom stereocenters. The van der Waals surface area contributed by atoms with Crippen molar-refractivity contribution in [2.75, 3.05) is 5.32 Å². The van der Waals surface area contributed by atoms with Crippen LogP contribution in [-0.2, 0) is 11.2 Å². The number of nitrogens with zero attached hydrogens (tertiary/aromatic N) is 2. The molecule has 1 N–H and O–H groups in total. The van der Waals surface area contributed by atoms with Gasteiger partial charge in [-0.2, -0.15) is 5.26 Å². The molecular formula is C20H23N3OS. The number of nitrogens with one attached hydrogen (secondary N) is 1. The highest BCUT2D eigenvalue weighted by Crippen LogP contribution is 2.26. The molecule has 0 saturated carbocycles. The fraction of sp³-hybridized carbons (Fsp3) is 0.350. The first-order valence-electron chi connectivity index (χ1n) is 8.38. The number of rotatable bonds is 6. The number of carbonyl (C=O) groups excluding carboxylic acids is 1. The molecule has 1 amide bonds. The topological polar surface area (TPSA) is 65.8 Å². The smallest absolute Gasteiger partial charge is 0.237 e. The largest absolute Gasteiger partial charge is 0.325 e. The minimum absolute atomic E-state index is 0.0958. The maximum Gasteiger partial charge on any atom is 0.237 e. The number of carbonyl (C=O) groups is 1. The third-order valence-corrected chi connectivity index (χ3v) is 4.79. The molecule has 0 radical (unpaired) electrons. The van der Waals surface area contributed by atoms with Crippen molar-refractivity contribution >= 4 is 23.4 Å². The summed E-state index contributed by atoms with van der Waals surface area (Å²) in [5.41, 5.74) is 4.47. The van der Waals surface area contributed by atoms with Gasteiger partial charge in [-0.15, -0.1) is 0 Å². The van der Waals surface area contributed by atoms with E-state index < -0.39 is 0 Å². The molecule has 0 aliphatic heterocycles. The Balaban J connectivity index is 2.12. The lowest BCUT2D eigenvalue weighted by Gasteiger charge is -2.14. The third kappa shape index (κ3) is 5.33. The molecule has 0 saturated heterocycles. The van der Waals surface area contributed by atoms with E-state index in [1.54, 1.807) is 6.07 Å². The number of pyridine rings is 1. The zero-order valence-corrected chi connectivity index (χ0v) is 15.9. The summed E-state index contributed by atoms with van der Waals surface area (Å²) in [6.45, 7) is 7.93. The van der Waals surface area contributed by atoms with Crippen LogP contribution < -0.4 is 5.32 Å². The van der Waals surface area contributed by atoms with E-state index in [-0.39, 0.29) is 11.2 Å². The minimum Gasteiger partial charge on any atom is -0.325 e. The standard InChI is InChI=1S/C20H23N3OS/c1-5-6-17-8-7-16(12-21)20(23-17)25-15(4)19(24)22-18-10-13(2)9-14(3)11-18/h7-11,15H,5-6H2,1-4H3,(H,22,24). The lowest BCUT2D eigenvalue weighted by Crippen LogP contribution is -2.22. The summed E-state index contributed by atoms with van der Waals surface area (Å²) in [4.78, 5) is 17.1. The van der Waals surface area contributed by atoms with Crippen LogP contribution in [0.5, 0.6) is 0 Å². The maximum absolute atomic E-state index is 12.5. The fourth-order valence-corrected chi connectivity index (χ4v) is 3.47. The van der Waals surface area contributed by atoms with Crippen LogP contribution in [0, 0.1) is 25.2 Å². The lowest BCUT2D eigenvalue weighted by molar-refractivity contribution is -0.115. The van der Waals surface area contributed by atoms with Crippen LogP contribution in [-0.4, -0.2) is 16.1 Å². The number of hydrogen-bond donors (Lipinski definition) is 1. The highest BCUT2D eigenvalue weighted by molar-refractivity contribution is 8.00. The van der Waals surface area contributed by atoms with Crippen LogP contribution >= 0.6 is 11.8 Å². The summed E-state index contributed by atoms with van der Waals surface area (Å²) < 4.78 is 0. The molecule has 0 bridgehead atoms. The number of nitriles is 1. The summed E-state index contributed by atoms with van der Waals surface area (Å²) in [5, 5.41) is 12.5.